The lowest BCUT2D eigenvalue weighted by molar-refractivity contribution is 0.256. The van der Waals surface area contributed by atoms with Crippen LogP contribution in [0, 0.1) is 0 Å². The second-order valence-electron chi connectivity index (χ2n) is 7.73. The highest BCUT2D eigenvalue weighted by Gasteiger charge is 2.25. The van der Waals surface area contributed by atoms with Gasteiger partial charge in [-0.25, -0.2) is 22.9 Å². The second-order valence-corrected chi connectivity index (χ2v) is 12.9. The van der Waals surface area contributed by atoms with Crippen molar-refractivity contribution in [3.63, 3.8) is 0 Å². The highest BCUT2D eigenvalue weighted by molar-refractivity contribution is 7.92. The van der Waals surface area contributed by atoms with Gasteiger partial charge in [0, 0.05) is 5.69 Å². The molecule has 0 saturated heterocycles. The Kier molecular flexibility index (Phi) is 6.02. The molecular formula is C21H15ClN6O6S3. The van der Waals surface area contributed by atoms with Crippen molar-refractivity contribution in [2.45, 2.75) is 16.0 Å². The van der Waals surface area contributed by atoms with Crippen molar-refractivity contribution in [2.24, 2.45) is 4.40 Å². The fourth-order valence-electron chi connectivity index (χ4n) is 3.57. The number of carbonyl (C=O) groups excluding carboxylic acids is 1. The third kappa shape index (κ3) is 4.81. The number of hydrogen-bond acceptors (Lipinski definition) is 9. The molecule has 0 fully saturated rings. The van der Waals surface area contributed by atoms with E-state index in [0.717, 1.165) is 11.3 Å². The van der Waals surface area contributed by atoms with Crippen molar-refractivity contribution in [3.05, 3.63) is 69.5 Å². The number of benzene rings is 2. The fraction of sp³-hybridized carbons (Fsp3) is 0.0476. The minimum absolute atomic E-state index is 0.0712. The highest BCUT2D eigenvalue weighted by atomic mass is 35.5. The molecule has 0 atom stereocenters. The maximum absolute atomic E-state index is 13.2. The van der Waals surface area contributed by atoms with Crippen LogP contribution in [0.2, 0.25) is 4.34 Å². The van der Waals surface area contributed by atoms with E-state index in [9.17, 15) is 26.4 Å². The Bertz CT molecular complexity index is 1900. The van der Waals surface area contributed by atoms with E-state index in [1.807, 2.05) is 4.72 Å². The van der Waals surface area contributed by atoms with Crippen molar-refractivity contribution in [1.29, 1.82) is 0 Å². The van der Waals surface area contributed by atoms with Gasteiger partial charge in [-0.15, -0.1) is 15.7 Å². The highest BCUT2D eigenvalue weighted by Crippen LogP contribution is 2.30. The molecule has 0 radical (unpaired) electrons. The van der Waals surface area contributed by atoms with Gasteiger partial charge in [-0.1, -0.05) is 11.6 Å². The molecule has 1 aliphatic heterocycles. The minimum Gasteiger partial charge on any atom is -0.342 e. The predicted octanol–water partition coefficient (Wildman–Crippen LogP) is 3.14. The van der Waals surface area contributed by atoms with Crippen LogP contribution in [0.15, 0.2) is 73.2 Å². The Labute approximate surface area is 218 Å². The Balaban J connectivity index is 1.40. The molecule has 0 unspecified atom stereocenters. The number of amidine groups is 1. The lowest BCUT2D eigenvalue weighted by atomic mass is 10.2. The van der Waals surface area contributed by atoms with Crippen LogP contribution in [-0.2, 0) is 20.0 Å². The van der Waals surface area contributed by atoms with Crippen molar-refractivity contribution in [1.82, 2.24) is 14.3 Å². The molecule has 37 heavy (non-hydrogen) atoms. The van der Waals surface area contributed by atoms with Crippen molar-refractivity contribution in [3.8, 4) is 5.69 Å². The Morgan fingerprint density at radius 1 is 1.14 bits per heavy atom. The molecule has 0 bridgehead atoms. The van der Waals surface area contributed by atoms with Crippen LogP contribution in [0.4, 0.5) is 16.2 Å². The van der Waals surface area contributed by atoms with Gasteiger partial charge < -0.3 is 10.6 Å². The maximum atomic E-state index is 13.2. The Morgan fingerprint density at radius 2 is 1.86 bits per heavy atom. The number of halogens is 1. The van der Waals surface area contributed by atoms with Crippen LogP contribution < -0.4 is 20.9 Å². The first kappa shape index (κ1) is 24.9. The summed E-state index contributed by atoms with van der Waals surface area (Å²) in [4.78, 5) is 29.5. The van der Waals surface area contributed by atoms with Gasteiger partial charge >= 0.3 is 6.03 Å². The second kappa shape index (κ2) is 8.95. The lowest BCUT2D eigenvalue weighted by Crippen LogP contribution is -2.33. The van der Waals surface area contributed by atoms with Gasteiger partial charge in [-0.2, -0.15) is 8.42 Å². The molecule has 3 heterocycles. The number of aromatic nitrogens is 2. The molecule has 1 aliphatic rings. The van der Waals surface area contributed by atoms with Gasteiger partial charge in [0.1, 0.15) is 21.3 Å². The largest absolute Gasteiger partial charge is 0.342 e. The summed E-state index contributed by atoms with van der Waals surface area (Å²) in [5.41, 5.74) is 0.678. The van der Waals surface area contributed by atoms with Crippen LogP contribution in [0.25, 0.3) is 16.6 Å². The molecule has 2 aromatic heterocycles. The summed E-state index contributed by atoms with van der Waals surface area (Å²) in [5, 5.41) is 5.33. The number of thiophene rings is 1. The first-order chi connectivity index (χ1) is 17.4. The van der Waals surface area contributed by atoms with E-state index < -0.39 is 31.6 Å². The summed E-state index contributed by atoms with van der Waals surface area (Å²) >= 11 is 6.56. The van der Waals surface area contributed by atoms with Gasteiger partial charge in [-0.3, -0.25) is 9.36 Å². The van der Waals surface area contributed by atoms with Gasteiger partial charge in [0.05, 0.1) is 26.6 Å². The smallest absolute Gasteiger partial charge is 0.333 e. The van der Waals surface area contributed by atoms with E-state index in [-0.39, 0.29) is 36.0 Å². The number of anilines is 2. The minimum atomic E-state index is -4.09. The average Bonchev–Trinajstić information content (AvgIpc) is 3.26. The summed E-state index contributed by atoms with van der Waals surface area (Å²) in [5.74, 6) is 0.205. The van der Waals surface area contributed by atoms with E-state index in [1.54, 1.807) is 0 Å². The zero-order chi connectivity index (χ0) is 26.5. The monoisotopic (exact) mass is 578 g/mol. The van der Waals surface area contributed by atoms with Gasteiger partial charge in [0.25, 0.3) is 25.6 Å². The standard InChI is InChI=1S/C21H15ClN6O6S3/c1-11-24-16-9-15-14(8-17(16)36(31,32)26-11)20(29)28(10-23-15)13-4-2-12(3-5-13)25-21(30)27-37(33,34)19-7-6-18(22)35-19/h2-10H,1H3,(H,24,26)(H2,25,27,30). The number of sulfonamides is 2. The van der Waals surface area contributed by atoms with E-state index in [4.69, 9.17) is 11.6 Å². The molecule has 5 rings (SSSR count). The number of nitrogens with one attached hydrogen (secondary N) is 3. The van der Waals surface area contributed by atoms with E-state index in [1.165, 1.54) is 66.3 Å². The molecule has 0 aliphatic carbocycles. The number of rotatable bonds is 4. The molecule has 0 spiro atoms. The van der Waals surface area contributed by atoms with Crippen LogP contribution >= 0.6 is 22.9 Å². The molecule has 190 valence electrons. The number of fused-ring (bicyclic) bond motifs is 2. The summed E-state index contributed by atoms with van der Waals surface area (Å²) in [6, 6.07) is 10.3. The average molecular weight is 579 g/mol. The maximum Gasteiger partial charge on any atom is 0.333 e. The fourth-order valence-corrected chi connectivity index (χ4v) is 7.12. The molecular weight excluding hydrogens is 564 g/mol. The van der Waals surface area contributed by atoms with E-state index in [2.05, 4.69) is 20.0 Å². The third-order valence-electron chi connectivity index (χ3n) is 5.15. The summed E-state index contributed by atoms with van der Waals surface area (Å²) in [6.45, 7) is 1.51. The first-order valence-corrected chi connectivity index (χ1v) is 14.4. The zero-order valence-electron chi connectivity index (χ0n) is 18.6. The SMILES string of the molecule is CC1=NS(=O)(=O)c2cc3c(=O)n(-c4ccc(NC(=O)NS(=O)(=O)c5ccc(Cl)s5)cc4)cnc3cc2N1. The number of nitrogens with zero attached hydrogens (tertiary/aromatic N) is 3. The van der Waals surface area contributed by atoms with E-state index in [0.29, 0.717) is 11.2 Å². The normalized spacial score (nSPS) is 14.4. The molecule has 16 heteroatoms. The van der Waals surface area contributed by atoms with Crippen LogP contribution in [0.1, 0.15) is 6.92 Å². The summed E-state index contributed by atoms with van der Waals surface area (Å²) in [7, 11) is -8.06. The molecule has 4 aromatic rings. The molecule has 2 aromatic carbocycles. The van der Waals surface area contributed by atoms with Crippen molar-refractivity contribution in [2.75, 3.05) is 10.6 Å². The van der Waals surface area contributed by atoms with Crippen LogP contribution in [0.3, 0.4) is 0 Å². The lowest BCUT2D eigenvalue weighted by Gasteiger charge is -2.17. The van der Waals surface area contributed by atoms with Gasteiger partial charge in [0.15, 0.2) is 0 Å². The number of hydrogen-bond donors (Lipinski definition) is 3. The first-order valence-electron chi connectivity index (χ1n) is 10.3. The molecule has 3 N–H and O–H groups in total. The Hall–Kier alpha value is -3.79. The van der Waals surface area contributed by atoms with Gasteiger partial charge in [-0.05, 0) is 55.5 Å². The summed E-state index contributed by atoms with van der Waals surface area (Å²) < 4.78 is 56.3. The molecule has 0 saturated carbocycles. The van der Waals surface area contributed by atoms with Crippen molar-refractivity contribution >= 4 is 77.1 Å². The predicted molar refractivity (Wildman–Crippen MR) is 140 cm³/mol. The van der Waals surface area contributed by atoms with Crippen LogP contribution in [0.5, 0.6) is 0 Å². The topological polar surface area (TPSA) is 169 Å². The van der Waals surface area contributed by atoms with Gasteiger partial charge in [0.2, 0.25) is 0 Å². The molecule has 12 nitrogen and oxygen atoms in total. The van der Waals surface area contributed by atoms with E-state index >= 15 is 0 Å². The quantitative estimate of drug-likeness (QED) is 0.332. The third-order valence-corrected chi connectivity index (χ3v) is 9.62. The molecule has 2 amide bonds. The zero-order valence-corrected chi connectivity index (χ0v) is 21.8. The number of carbonyl (C=O) groups is 1. The van der Waals surface area contributed by atoms with Crippen molar-refractivity contribution < 1.29 is 21.6 Å². The Morgan fingerprint density at radius 3 is 2.54 bits per heavy atom. The number of amides is 2. The summed E-state index contributed by atoms with van der Waals surface area (Å²) in [6.07, 6.45) is 1.29. The van der Waals surface area contributed by atoms with Crippen LogP contribution in [-0.4, -0.2) is 38.3 Å². The number of urea groups is 1.